The van der Waals surface area contributed by atoms with Crippen molar-refractivity contribution in [3.63, 3.8) is 0 Å². The van der Waals surface area contributed by atoms with E-state index in [-0.39, 0.29) is 23.3 Å². The van der Waals surface area contributed by atoms with Gasteiger partial charge in [-0.1, -0.05) is 24.3 Å². The number of anilines is 2. The summed E-state index contributed by atoms with van der Waals surface area (Å²) in [6.45, 7) is 1.97. The van der Waals surface area contributed by atoms with Crippen LogP contribution in [0.4, 0.5) is 11.4 Å². The molecule has 0 heterocycles. The average Bonchev–Trinajstić information content (AvgIpc) is 2.61. The molecule has 2 amide bonds. The molecule has 132 valence electrons. The molecule has 0 saturated heterocycles. The number of rotatable bonds is 7. The SMILES string of the molecule is COc1ccccc1N(C)C(=O)CSCC(=O)Nc1cccc(C)c1. The van der Waals surface area contributed by atoms with E-state index >= 15 is 0 Å². The number of hydrogen-bond acceptors (Lipinski definition) is 4. The Labute approximate surface area is 152 Å². The van der Waals surface area contributed by atoms with Gasteiger partial charge in [-0.05, 0) is 36.8 Å². The van der Waals surface area contributed by atoms with Gasteiger partial charge < -0.3 is 15.0 Å². The summed E-state index contributed by atoms with van der Waals surface area (Å²) in [5.41, 5.74) is 2.56. The molecule has 0 unspecified atom stereocenters. The number of aryl methyl sites for hydroxylation is 1. The molecular weight excluding hydrogens is 336 g/mol. The summed E-state index contributed by atoms with van der Waals surface area (Å²) in [4.78, 5) is 25.8. The molecule has 1 N–H and O–H groups in total. The molecule has 0 radical (unpaired) electrons. The lowest BCUT2D eigenvalue weighted by atomic mass is 10.2. The number of thioether (sulfide) groups is 1. The van der Waals surface area contributed by atoms with E-state index in [9.17, 15) is 9.59 Å². The van der Waals surface area contributed by atoms with Crippen molar-refractivity contribution in [1.82, 2.24) is 0 Å². The van der Waals surface area contributed by atoms with Gasteiger partial charge in [0.2, 0.25) is 11.8 Å². The minimum Gasteiger partial charge on any atom is -0.495 e. The molecule has 0 aliphatic rings. The van der Waals surface area contributed by atoms with Crippen molar-refractivity contribution in [1.29, 1.82) is 0 Å². The number of para-hydroxylation sites is 2. The molecule has 2 rings (SSSR count). The van der Waals surface area contributed by atoms with E-state index < -0.39 is 0 Å². The molecule has 0 atom stereocenters. The zero-order valence-electron chi connectivity index (χ0n) is 14.6. The normalized spacial score (nSPS) is 10.2. The number of carbonyl (C=O) groups is 2. The third-order valence-corrected chi connectivity index (χ3v) is 4.50. The fraction of sp³-hybridized carbons (Fsp3) is 0.263. The largest absolute Gasteiger partial charge is 0.495 e. The Kier molecular flexibility index (Phi) is 6.89. The van der Waals surface area contributed by atoms with Crippen molar-refractivity contribution in [3.8, 4) is 5.75 Å². The van der Waals surface area contributed by atoms with Crippen LogP contribution in [0.15, 0.2) is 48.5 Å². The predicted octanol–water partition coefficient (Wildman–Crippen LogP) is 3.34. The Balaban J connectivity index is 1.82. The molecule has 6 heteroatoms. The van der Waals surface area contributed by atoms with Crippen LogP contribution >= 0.6 is 11.8 Å². The molecular formula is C19H22N2O3S. The highest BCUT2D eigenvalue weighted by atomic mass is 32.2. The minimum absolute atomic E-state index is 0.0853. The van der Waals surface area contributed by atoms with E-state index in [0.717, 1.165) is 11.3 Å². The van der Waals surface area contributed by atoms with Gasteiger partial charge in [0.05, 0.1) is 24.3 Å². The highest BCUT2D eigenvalue weighted by Gasteiger charge is 2.15. The van der Waals surface area contributed by atoms with E-state index in [1.165, 1.54) is 11.8 Å². The number of ether oxygens (including phenoxy) is 1. The summed E-state index contributed by atoms with van der Waals surface area (Å²) < 4.78 is 5.27. The highest BCUT2D eigenvalue weighted by Crippen LogP contribution is 2.27. The smallest absolute Gasteiger partial charge is 0.236 e. The molecule has 0 bridgehead atoms. The number of benzene rings is 2. The Bertz CT molecular complexity index is 749. The lowest BCUT2D eigenvalue weighted by molar-refractivity contribution is -0.115. The fourth-order valence-corrected chi connectivity index (χ4v) is 3.02. The highest BCUT2D eigenvalue weighted by molar-refractivity contribution is 8.00. The molecule has 0 saturated carbocycles. The van der Waals surface area contributed by atoms with Gasteiger partial charge in [0.15, 0.2) is 0 Å². The van der Waals surface area contributed by atoms with Crippen LogP contribution in [0.25, 0.3) is 0 Å². The Morgan fingerprint density at radius 2 is 1.88 bits per heavy atom. The number of amides is 2. The lowest BCUT2D eigenvalue weighted by Gasteiger charge is -2.19. The zero-order chi connectivity index (χ0) is 18.2. The van der Waals surface area contributed by atoms with Crippen molar-refractivity contribution in [3.05, 3.63) is 54.1 Å². The van der Waals surface area contributed by atoms with Gasteiger partial charge >= 0.3 is 0 Å². The molecule has 25 heavy (non-hydrogen) atoms. The monoisotopic (exact) mass is 358 g/mol. The second kappa shape index (κ2) is 9.13. The molecule has 5 nitrogen and oxygen atoms in total. The third kappa shape index (κ3) is 5.53. The van der Waals surface area contributed by atoms with Gasteiger partial charge in [0.25, 0.3) is 0 Å². The van der Waals surface area contributed by atoms with Gasteiger partial charge in [0, 0.05) is 12.7 Å². The number of nitrogens with zero attached hydrogens (tertiary/aromatic N) is 1. The van der Waals surface area contributed by atoms with Gasteiger partial charge in [-0.25, -0.2) is 0 Å². The van der Waals surface area contributed by atoms with Crippen LogP contribution in [0.2, 0.25) is 0 Å². The lowest BCUT2D eigenvalue weighted by Crippen LogP contribution is -2.29. The summed E-state index contributed by atoms with van der Waals surface area (Å²) in [7, 11) is 3.27. The number of carbonyl (C=O) groups excluding carboxylic acids is 2. The predicted molar refractivity (Wildman–Crippen MR) is 104 cm³/mol. The quantitative estimate of drug-likeness (QED) is 0.825. The van der Waals surface area contributed by atoms with Gasteiger partial charge in [-0.2, -0.15) is 0 Å². The third-order valence-electron chi connectivity index (χ3n) is 3.58. The van der Waals surface area contributed by atoms with Crippen LogP contribution in [0.5, 0.6) is 5.75 Å². The second-order valence-electron chi connectivity index (χ2n) is 5.54. The second-order valence-corrected chi connectivity index (χ2v) is 6.52. The van der Waals surface area contributed by atoms with Crippen molar-refractivity contribution in [2.75, 3.05) is 35.9 Å². The number of methoxy groups -OCH3 is 1. The summed E-state index contributed by atoms with van der Waals surface area (Å²) in [6.07, 6.45) is 0. The van der Waals surface area contributed by atoms with Gasteiger partial charge in [-0.3, -0.25) is 9.59 Å². The van der Waals surface area contributed by atoms with Crippen LogP contribution in [0.1, 0.15) is 5.56 Å². The summed E-state index contributed by atoms with van der Waals surface area (Å²) in [5, 5.41) is 2.83. The first kappa shape index (κ1) is 18.9. The Morgan fingerprint density at radius 1 is 1.12 bits per heavy atom. The van der Waals surface area contributed by atoms with Crippen LogP contribution < -0.4 is 15.0 Å². The van der Waals surface area contributed by atoms with Crippen molar-refractivity contribution in [2.24, 2.45) is 0 Å². The standard InChI is InChI=1S/C19H22N2O3S/c1-14-7-6-8-15(11-14)20-18(22)12-25-13-19(23)21(2)16-9-4-5-10-17(16)24-3/h4-11H,12-13H2,1-3H3,(H,20,22). The van der Waals surface area contributed by atoms with Crippen LogP contribution in [-0.2, 0) is 9.59 Å². The molecule has 0 fully saturated rings. The van der Waals surface area contributed by atoms with E-state index in [4.69, 9.17) is 4.74 Å². The maximum absolute atomic E-state index is 12.3. The van der Waals surface area contributed by atoms with Crippen LogP contribution in [-0.4, -0.2) is 37.5 Å². The maximum atomic E-state index is 12.3. The first-order chi connectivity index (χ1) is 12.0. The van der Waals surface area contributed by atoms with E-state index in [1.54, 1.807) is 19.1 Å². The zero-order valence-corrected chi connectivity index (χ0v) is 15.4. The van der Waals surface area contributed by atoms with E-state index in [2.05, 4.69) is 5.32 Å². The van der Waals surface area contributed by atoms with Crippen LogP contribution in [0, 0.1) is 6.92 Å². The summed E-state index contributed by atoms with van der Waals surface area (Å²) in [5.74, 6) is 0.872. The van der Waals surface area contributed by atoms with E-state index in [1.807, 2.05) is 55.5 Å². The van der Waals surface area contributed by atoms with Gasteiger partial charge in [0.1, 0.15) is 5.75 Å². The van der Waals surface area contributed by atoms with Crippen molar-refractivity contribution in [2.45, 2.75) is 6.92 Å². The molecule has 0 aromatic heterocycles. The van der Waals surface area contributed by atoms with Crippen molar-refractivity contribution >= 4 is 35.0 Å². The Hall–Kier alpha value is -2.47. The topological polar surface area (TPSA) is 58.6 Å². The molecule has 2 aromatic carbocycles. The number of nitrogens with one attached hydrogen (secondary N) is 1. The van der Waals surface area contributed by atoms with Crippen LogP contribution in [0.3, 0.4) is 0 Å². The van der Waals surface area contributed by atoms with E-state index in [0.29, 0.717) is 11.4 Å². The van der Waals surface area contributed by atoms with Gasteiger partial charge in [-0.15, -0.1) is 11.8 Å². The molecule has 0 aliphatic heterocycles. The summed E-state index contributed by atoms with van der Waals surface area (Å²) >= 11 is 1.29. The average molecular weight is 358 g/mol. The Morgan fingerprint density at radius 3 is 2.60 bits per heavy atom. The summed E-state index contributed by atoms with van der Waals surface area (Å²) in [6, 6.07) is 14.9. The molecule has 0 spiro atoms. The minimum atomic E-state index is -0.122. The first-order valence-corrected chi connectivity index (χ1v) is 9.00. The maximum Gasteiger partial charge on any atom is 0.236 e. The molecule has 2 aromatic rings. The molecule has 0 aliphatic carbocycles. The fourth-order valence-electron chi connectivity index (χ4n) is 2.29. The number of hydrogen-bond donors (Lipinski definition) is 1. The first-order valence-electron chi connectivity index (χ1n) is 7.85. The van der Waals surface area contributed by atoms with Crippen molar-refractivity contribution < 1.29 is 14.3 Å².